The molecule has 0 aliphatic heterocycles. The summed E-state index contributed by atoms with van der Waals surface area (Å²) in [5.74, 6) is 0. The summed E-state index contributed by atoms with van der Waals surface area (Å²) in [6.45, 7) is 4.53. The molecule has 0 radical (unpaired) electrons. The molecule has 0 aromatic heterocycles. The first kappa shape index (κ1) is 15.0. The Kier molecular flexibility index (Phi) is 6.38. The minimum absolute atomic E-state index is 0.148. The van der Waals surface area contributed by atoms with Crippen molar-refractivity contribution in [3.63, 3.8) is 0 Å². The second-order valence-corrected chi connectivity index (χ2v) is 3.72. The zero-order chi connectivity index (χ0) is 14.1. The van der Waals surface area contributed by atoms with E-state index in [0.717, 1.165) is 5.56 Å². The molecule has 0 aliphatic rings. The molecule has 0 aliphatic carbocycles. The topological polar surface area (TPSA) is 70.7 Å². The number of benzene rings is 1. The van der Waals surface area contributed by atoms with Crippen molar-refractivity contribution in [3.8, 4) is 0 Å². The normalized spacial score (nSPS) is 9.79. The Morgan fingerprint density at radius 1 is 1.05 bits per heavy atom. The average molecular weight is 265 g/mol. The molecular weight excluding hydrogens is 246 g/mol. The highest BCUT2D eigenvalue weighted by molar-refractivity contribution is 5.92. The highest BCUT2D eigenvalue weighted by atomic mass is 16.7. The SMILES string of the molecule is CCNC(=O)N(OCc1ccccc1)C(=O)NCC. The van der Waals surface area contributed by atoms with Crippen molar-refractivity contribution in [1.29, 1.82) is 0 Å². The van der Waals surface area contributed by atoms with E-state index in [-0.39, 0.29) is 6.61 Å². The molecule has 0 unspecified atom stereocenters. The third-order valence-electron chi connectivity index (χ3n) is 2.23. The van der Waals surface area contributed by atoms with Crippen molar-refractivity contribution in [2.75, 3.05) is 13.1 Å². The molecule has 19 heavy (non-hydrogen) atoms. The van der Waals surface area contributed by atoms with E-state index in [1.54, 1.807) is 13.8 Å². The van der Waals surface area contributed by atoms with Crippen LogP contribution >= 0.6 is 0 Å². The third kappa shape index (κ3) is 4.97. The van der Waals surface area contributed by atoms with Crippen molar-refractivity contribution in [1.82, 2.24) is 15.7 Å². The molecule has 6 heteroatoms. The molecule has 0 spiro atoms. The van der Waals surface area contributed by atoms with Crippen LogP contribution in [-0.4, -0.2) is 30.2 Å². The number of amides is 4. The van der Waals surface area contributed by atoms with Crippen LogP contribution in [0.3, 0.4) is 0 Å². The summed E-state index contributed by atoms with van der Waals surface area (Å²) < 4.78 is 0. The van der Waals surface area contributed by atoms with E-state index in [1.807, 2.05) is 30.3 Å². The molecule has 1 aromatic rings. The van der Waals surface area contributed by atoms with E-state index >= 15 is 0 Å². The van der Waals surface area contributed by atoms with Gasteiger partial charge in [0, 0.05) is 13.1 Å². The van der Waals surface area contributed by atoms with Gasteiger partial charge in [-0.25, -0.2) is 9.59 Å². The van der Waals surface area contributed by atoms with Gasteiger partial charge in [-0.15, -0.1) is 5.06 Å². The van der Waals surface area contributed by atoms with E-state index in [1.165, 1.54) is 0 Å². The number of rotatable bonds is 5. The van der Waals surface area contributed by atoms with Crippen molar-refractivity contribution < 1.29 is 14.4 Å². The van der Waals surface area contributed by atoms with Gasteiger partial charge in [0.05, 0.1) is 0 Å². The van der Waals surface area contributed by atoms with E-state index in [2.05, 4.69) is 10.6 Å². The lowest BCUT2D eigenvalue weighted by Gasteiger charge is -2.20. The van der Waals surface area contributed by atoms with Gasteiger partial charge >= 0.3 is 12.1 Å². The molecule has 1 aromatic carbocycles. The standard InChI is InChI=1S/C13H19N3O3/c1-3-14-12(17)16(13(18)15-4-2)19-10-11-8-6-5-7-9-11/h5-9H,3-4,10H2,1-2H3,(H,14,17)(H,15,18). The fourth-order valence-corrected chi connectivity index (χ4v) is 1.37. The Bertz CT molecular complexity index is 391. The second kappa shape index (κ2) is 8.10. The number of nitrogens with one attached hydrogen (secondary N) is 2. The first-order valence-electron chi connectivity index (χ1n) is 6.21. The van der Waals surface area contributed by atoms with Gasteiger partial charge in [0.15, 0.2) is 0 Å². The predicted octanol–water partition coefficient (Wildman–Crippen LogP) is 1.88. The third-order valence-corrected chi connectivity index (χ3v) is 2.23. The van der Waals surface area contributed by atoms with E-state index in [9.17, 15) is 9.59 Å². The van der Waals surface area contributed by atoms with Crippen LogP contribution in [-0.2, 0) is 11.4 Å². The van der Waals surface area contributed by atoms with Crippen LogP contribution in [0, 0.1) is 0 Å². The summed E-state index contributed by atoms with van der Waals surface area (Å²) in [6, 6.07) is 8.16. The molecule has 1 rings (SSSR count). The van der Waals surface area contributed by atoms with Gasteiger partial charge in [-0.3, -0.25) is 4.84 Å². The highest BCUT2D eigenvalue weighted by Gasteiger charge is 2.21. The van der Waals surface area contributed by atoms with Crippen LogP contribution in [0.15, 0.2) is 30.3 Å². The van der Waals surface area contributed by atoms with Gasteiger partial charge in [-0.05, 0) is 19.4 Å². The van der Waals surface area contributed by atoms with Gasteiger partial charge in [0.2, 0.25) is 0 Å². The van der Waals surface area contributed by atoms with Crippen LogP contribution in [0.2, 0.25) is 0 Å². The number of carbonyl (C=O) groups is 2. The fraction of sp³-hybridized carbons (Fsp3) is 0.385. The summed E-state index contributed by atoms with van der Waals surface area (Å²) in [5, 5.41) is 5.75. The lowest BCUT2D eigenvalue weighted by atomic mass is 10.2. The summed E-state index contributed by atoms with van der Waals surface area (Å²) in [5.41, 5.74) is 0.876. The lowest BCUT2D eigenvalue weighted by Crippen LogP contribution is -2.48. The Morgan fingerprint density at radius 3 is 2.05 bits per heavy atom. The van der Waals surface area contributed by atoms with E-state index in [4.69, 9.17) is 4.84 Å². The molecule has 0 bridgehead atoms. The molecule has 4 amide bonds. The van der Waals surface area contributed by atoms with Crippen molar-refractivity contribution in [2.24, 2.45) is 0 Å². The molecule has 0 fully saturated rings. The maximum absolute atomic E-state index is 11.7. The molecule has 0 saturated heterocycles. The summed E-state index contributed by atoms with van der Waals surface area (Å²) in [6.07, 6.45) is 0. The Labute approximate surface area is 112 Å². The van der Waals surface area contributed by atoms with E-state index < -0.39 is 12.1 Å². The van der Waals surface area contributed by atoms with Crippen molar-refractivity contribution >= 4 is 12.1 Å². The zero-order valence-electron chi connectivity index (χ0n) is 11.2. The summed E-state index contributed by atoms with van der Waals surface area (Å²) in [4.78, 5) is 28.7. The average Bonchev–Trinajstić information content (AvgIpc) is 2.41. The largest absolute Gasteiger partial charge is 0.350 e. The van der Waals surface area contributed by atoms with Gasteiger partial charge in [0.25, 0.3) is 0 Å². The highest BCUT2D eigenvalue weighted by Crippen LogP contribution is 2.03. The molecule has 0 saturated carbocycles. The van der Waals surface area contributed by atoms with Crippen LogP contribution in [0.5, 0.6) is 0 Å². The van der Waals surface area contributed by atoms with Crippen LogP contribution < -0.4 is 10.6 Å². The molecule has 104 valence electrons. The van der Waals surface area contributed by atoms with Crippen LogP contribution in [0.4, 0.5) is 9.59 Å². The van der Waals surface area contributed by atoms with E-state index in [0.29, 0.717) is 18.2 Å². The number of imide groups is 1. The van der Waals surface area contributed by atoms with Gasteiger partial charge < -0.3 is 10.6 Å². The number of hydroxylamine groups is 2. The fourth-order valence-electron chi connectivity index (χ4n) is 1.37. The van der Waals surface area contributed by atoms with Gasteiger partial charge in [-0.1, -0.05) is 30.3 Å². The van der Waals surface area contributed by atoms with Crippen molar-refractivity contribution in [2.45, 2.75) is 20.5 Å². The summed E-state index contributed by atoms with van der Waals surface area (Å²) in [7, 11) is 0. The summed E-state index contributed by atoms with van der Waals surface area (Å²) >= 11 is 0. The number of hydrogen-bond acceptors (Lipinski definition) is 3. The minimum Gasteiger partial charge on any atom is -0.336 e. The maximum Gasteiger partial charge on any atom is 0.350 e. The maximum atomic E-state index is 11.7. The second-order valence-electron chi connectivity index (χ2n) is 3.72. The number of urea groups is 2. The minimum atomic E-state index is -0.579. The Hall–Kier alpha value is -2.08. The van der Waals surface area contributed by atoms with Gasteiger partial charge in [0.1, 0.15) is 6.61 Å². The molecule has 0 atom stereocenters. The Balaban J connectivity index is 2.63. The zero-order valence-corrected chi connectivity index (χ0v) is 11.2. The predicted molar refractivity (Wildman–Crippen MR) is 71.2 cm³/mol. The smallest absolute Gasteiger partial charge is 0.336 e. The molecular formula is C13H19N3O3. The molecule has 6 nitrogen and oxygen atoms in total. The van der Waals surface area contributed by atoms with Crippen molar-refractivity contribution in [3.05, 3.63) is 35.9 Å². The molecule has 0 heterocycles. The monoisotopic (exact) mass is 265 g/mol. The van der Waals surface area contributed by atoms with Crippen LogP contribution in [0.25, 0.3) is 0 Å². The molecule has 2 N–H and O–H groups in total. The first-order chi connectivity index (χ1) is 9.19. The number of nitrogens with zero attached hydrogens (tertiary/aromatic N) is 1. The Morgan fingerprint density at radius 2 is 1.58 bits per heavy atom. The lowest BCUT2D eigenvalue weighted by molar-refractivity contribution is -0.0902. The van der Waals surface area contributed by atoms with Crippen LogP contribution in [0.1, 0.15) is 19.4 Å². The number of hydrogen-bond donors (Lipinski definition) is 2. The quantitative estimate of drug-likeness (QED) is 0.798. The van der Waals surface area contributed by atoms with Gasteiger partial charge in [-0.2, -0.15) is 0 Å². The number of carbonyl (C=O) groups excluding carboxylic acids is 2. The first-order valence-corrected chi connectivity index (χ1v) is 6.21.